The summed E-state index contributed by atoms with van der Waals surface area (Å²) in [6.07, 6.45) is 1.13. The van der Waals surface area contributed by atoms with Crippen LogP contribution in [0.4, 0.5) is 5.69 Å². The predicted molar refractivity (Wildman–Crippen MR) is 95.9 cm³/mol. The van der Waals surface area contributed by atoms with Crippen LogP contribution in [0.1, 0.15) is 26.7 Å². The topological polar surface area (TPSA) is 93.9 Å². The summed E-state index contributed by atoms with van der Waals surface area (Å²) in [5.74, 6) is 1.10. The first-order chi connectivity index (χ1) is 11.8. The van der Waals surface area contributed by atoms with Crippen molar-refractivity contribution in [2.24, 2.45) is 11.7 Å². The number of nitrogens with zero attached hydrogens (tertiary/aromatic N) is 1. The molecule has 0 aliphatic carbocycles. The minimum absolute atomic E-state index is 0.152. The molecule has 1 aliphatic rings. The lowest BCUT2D eigenvalue weighted by molar-refractivity contribution is -0.127. The van der Waals surface area contributed by atoms with E-state index in [0.29, 0.717) is 42.5 Å². The van der Waals surface area contributed by atoms with E-state index in [0.717, 1.165) is 0 Å². The number of hydrogen-bond donors (Lipinski definition) is 2. The Morgan fingerprint density at radius 3 is 2.40 bits per heavy atom. The summed E-state index contributed by atoms with van der Waals surface area (Å²) in [6.45, 7) is 4.52. The molecule has 138 valence electrons. The van der Waals surface area contributed by atoms with E-state index >= 15 is 0 Å². The number of amides is 2. The number of anilines is 1. The molecule has 2 atom stereocenters. The van der Waals surface area contributed by atoms with E-state index in [-0.39, 0.29) is 11.8 Å². The zero-order chi connectivity index (χ0) is 18.6. The van der Waals surface area contributed by atoms with Gasteiger partial charge in [0, 0.05) is 24.7 Å². The van der Waals surface area contributed by atoms with Crippen LogP contribution in [-0.4, -0.2) is 44.7 Å². The summed E-state index contributed by atoms with van der Waals surface area (Å²) in [6, 6.07) is 4.14. The van der Waals surface area contributed by atoms with Crippen LogP contribution < -0.4 is 25.4 Å². The predicted octanol–water partition coefficient (Wildman–Crippen LogP) is 1.30. The molecule has 0 aromatic heterocycles. The van der Waals surface area contributed by atoms with Crippen LogP contribution in [0.3, 0.4) is 0 Å². The molecule has 25 heavy (non-hydrogen) atoms. The van der Waals surface area contributed by atoms with Gasteiger partial charge in [0.05, 0.1) is 25.9 Å². The third-order valence-corrected chi connectivity index (χ3v) is 4.23. The highest BCUT2D eigenvalue weighted by molar-refractivity contribution is 6.02. The lowest BCUT2D eigenvalue weighted by Gasteiger charge is -2.20. The molecule has 1 unspecified atom stereocenters. The van der Waals surface area contributed by atoms with Crippen molar-refractivity contribution < 1.29 is 19.1 Å². The second kappa shape index (κ2) is 8.20. The van der Waals surface area contributed by atoms with Crippen molar-refractivity contribution >= 4 is 17.5 Å². The van der Waals surface area contributed by atoms with E-state index in [1.807, 2.05) is 13.8 Å². The molecule has 7 heteroatoms. The molecule has 1 saturated heterocycles. The number of methoxy groups -OCH3 is 2. The Bertz CT molecular complexity index is 610. The maximum Gasteiger partial charge on any atom is 0.249 e. The molecule has 0 saturated carbocycles. The summed E-state index contributed by atoms with van der Waals surface area (Å²) in [5, 5.41) is 2.77. The molecular formula is C18H27N3O4. The third-order valence-electron chi connectivity index (χ3n) is 4.23. The summed E-state index contributed by atoms with van der Waals surface area (Å²) in [5.41, 5.74) is 6.58. The molecule has 1 aromatic carbocycles. The molecule has 1 fully saturated rings. The molecule has 1 heterocycles. The fourth-order valence-electron chi connectivity index (χ4n) is 2.91. The van der Waals surface area contributed by atoms with Gasteiger partial charge in [0.2, 0.25) is 11.8 Å². The monoisotopic (exact) mass is 349 g/mol. The molecular weight excluding hydrogens is 322 g/mol. The number of rotatable bonds is 7. The van der Waals surface area contributed by atoms with Crippen molar-refractivity contribution in [3.63, 3.8) is 0 Å². The van der Waals surface area contributed by atoms with Gasteiger partial charge in [0.25, 0.3) is 0 Å². The second-order valence-corrected chi connectivity index (χ2v) is 6.65. The first-order valence-corrected chi connectivity index (χ1v) is 8.46. The van der Waals surface area contributed by atoms with Gasteiger partial charge >= 0.3 is 0 Å². The second-order valence-electron chi connectivity index (χ2n) is 6.65. The van der Waals surface area contributed by atoms with Crippen molar-refractivity contribution in [3.05, 3.63) is 18.2 Å². The molecule has 2 amide bonds. The summed E-state index contributed by atoms with van der Waals surface area (Å²) < 4.78 is 10.5. The Morgan fingerprint density at radius 1 is 1.28 bits per heavy atom. The van der Waals surface area contributed by atoms with Gasteiger partial charge in [0.15, 0.2) is 0 Å². The minimum atomic E-state index is -0.598. The van der Waals surface area contributed by atoms with Crippen LogP contribution >= 0.6 is 0 Å². The number of benzene rings is 1. The highest BCUT2D eigenvalue weighted by atomic mass is 16.5. The molecule has 0 spiro atoms. The number of hydrogen-bond acceptors (Lipinski definition) is 5. The average molecular weight is 349 g/mol. The lowest BCUT2D eigenvalue weighted by Crippen LogP contribution is -2.48. The van der Waals surface area contributed by atoms with E-state index in [2.05, 4.69) is 5.32 Å². The number of nitrogens with two attached hydrogens (primary N) is 1. The Labute approximate surface area is 148 Å². The van der Waals surface area contributed by atoms with E-state index in [4.69, 9.17) is 15.2 Å². The lowest BCUT2D eigenvalue weighted by atomic mass is 10.0. The van der Waals surface area contributed by atoms with Gasteiger partial charge in [0.1, 0.15) is 17.5 Å². The van der Waals surface area contributed by atoms with Crippen LogP contribution in [0, 0.1) is 5.92 Å². The van der Waals surface area contributed by atoms with Crippen LogP contribution in [0.2, 0.25) is 0 Å². The summed E-state index contributed by atoms with van der Waals surface area (Å²) >= 11 is 0. The van der Waals surface area contributed by atoms with Gasteiger partial charge in [-0.1, -0.05) is 13.8 Å². The fourth-order valence-corrected chi connectivity index (χ4v) is 2.91. The van der Waals surface area contributed by atoms with Gasteiger partial charge in [-0.15, -0.1) is 0 Å². The van der Waals surface area contributed by atoms with E-state index in [1.165, 1.54) is 0 Å². The Hall–Kier alpha value is -2.28. The van der Waals surface area contributed by atoms with Crippen molar-refractivity contribution in [2.45, 2.75) is 38.8 Å². The van der Waals surface area contributed by atoms with Crippen LogP contribution in [0.15, 0.2) is 18.2 Å². The minimum Gasteiger partial charge on any atom is -0.497 e. The highest BCUT2D eigenvalue weighted by Gasteiger charge is 2.34. The van der Waals surface area contributed by atoms with Crippen molar-refractivity contribution in [1.82, 2.24) is 5.32 Å². The first-order valence-electron chi connectivity index (χ1n) is 8.46. The molecule has 1 aliphatic heterocycles. The van der Waals surface area contributed by atoms with Crippen LogP contribution in [0.5, 0.6) is 11.5 Å². The smallest absolute Gasteiger partial charge is 0.249 e. The van der Waals surface area contributed by atoms with Crippen LogP contribution in [-0.2, 0) is 9.59 Å². The van der Waals surface area contributed by atoms with Gasteiger partial charge in [-0.3, -0.25) is 9.59 Å². The quantitative estimate of drug-likeness (QED) is 0.774. The number of carbonyl (C=O) groups is 2. The number of ether oxygens (including phenoxy) is 2. The molecule has 7 nitrogen and oxygen atoms in total. The molecule has 0 bridgehead atoms. The number of carbonyl (C=O) groups excluding carboxylic acids is 2. The average Bonchev–Trinajstić information content (AvgIpc) is 2.94. The zero-order valence-corrected chi connectivity index (χ0v) is 15.2. The maximum atomic E-state index is 12.7. The van der Waals surface area contributed by atoms with Crippen molar-refractivity contribution in [2.75, 3.05) is 25.7 Å². The third kappa shape index (κ3) is 4.63. The molecule has 0 radical (unpaired) electrons. The Kier molecular flexibility index (Phi) is 6.25. The largest absolute Gasteiger partial charge is 0.497 e. The fraction of sp³-hybridized carbons (Fsp3) is 0.556. The summed E-state index contributed by atoms with van der Waals surface area (Å²) in [7, 11) is 3.12. The van der Waals surface area contributed by atoms with Crippen molar-refractivity contribution in [1.29, 1.82) is 0 Å². The maximum absolute atomic E-state index is 12.7. The van der Waals surface area contributed by atoms with E-state index in [9.17, 15) is 9.59 Å². The number of nitrogens with one attached hydrogen (secondary N) is 1. The Morgan fingerprint density at radius 2 is 1.88 bits per heavy atom. The van der Waals surface area contributed by atoms with Crippen molar-refractivity contribution in [3.8, 4) is 11.5 Å². The van der Waals surface area contributed by atoms with E-state index < -0.39 is 12.1 Å². The van der Waals surface area contributed by atoms with Gasteiger partial charge in [-0.05, 0) is 18.8 Å². The highest BCUT2D eigenvalue weighted by Crippen LogP contribution is 2.31. The first kappa shape index (κ1) is 19.1. The zero-order valence-electron chi connectivity index (χ0n) is 15.2. The standard InChI is InChI=1S/C18H27N3O4/c1-11(2)7-15(19)17(22)20-16-5-6-21(18(16)23)12-8-13(24-3)10-14(9-12)25-4/h8-11,15-16H,5-7,19H2,1-4H3,(H,20,22)/t15-,16?/m0/s1. The normalized spacial score (nSPS) is 18.4. The van der Waals surface area contributed by atoms with Crippen LogP contribution in [0.25, 0.3) is 0 Å². The molecule has 3 N–H and O–H groups in total. The van der Waals surface area contributed by atoms with E-state index in [1.54, 1.807) is 37.3 Å². The van der Waals surface area contributed by atoms with Gasteiger partial charge in [-0.25, -0.2) is 0 Å². The Balaban J connectivity index is 2.08. The summed E-state index contributed by atoms with van der Waals surface area (Å²) in [4.78, 5) is 26.5. The van der Waals surface area contributed by atoms with Gasteiger partial charge in [-0.2, -0.15) is 0 Å². The molecule has 1 aromatic rings. The SMILES string of the molecule is COc1cc(OC)cc(N2CCC(NC(=O)[C@@H](N)CC(C)C)C2=O)c1. The van der Waals surface area contributed by atoms with Gasteiger partial charge < -0.3 is 25.4 Å². The molecule has 2 rings (SSSR count).